The van der Waals surface area contributed by atoms with Crippen molar-refractivity contribution >= 4 is 5.97 Å². The summed E-state index contributed by atoms with van der Waals surface area (Å²) in [6.07, 6.45) is 0.458. The zero-order valence-corrected chi connectivity index (χ0v) is 10.9. The number of carbonyl (C=O) groups is 1. The molecule has 0 radical (unpaired) electrons. The fourth-order valence-electron chi connectivity index (χ4n) is 2.07. The summed E-state index contributed by atoms with van der Waals surface area (Å²) in [6, 6.07) is 2.25. The summed E-state index contributed by atoms with van der Waals surface area (Å²) in [5.41, 5.74) is 4.56. The highest BCUT2D eigenvalue weighted by Crippen LogP contribution is 2.34. The van der Waals surface area contributed by atoms with Gasteiger partial charge in [-0.3, -0.25) is 4.79 Å². The zero-order valence-electron chi connectivity index (χ0n) is 10.9. The fourth-order valence-corrected chi connectivity index (χ4v) is 2.07. The van der Waals surface area contributed by atoms with E-state index in [1.165, 1.54) is 6.92 Å². The fraction of sp³-hybridized carbons (Fsp3) is 0.462. The van der Waals surface area contributed by atoms with E-state index in [2.05, 4.69) is 0 Å². The molecule has 0 aliphatic rings. The van der Waals surface area contributed by atoms with Gasteiger partial charge in [-0.2, -0.15) is 0 Å². The van der Waals surface area contributed by atoms with Crippen LogP contribution in [0.25, 0.3) is 0 Å². The van der Waals surface area contributed by atoms with Crippen molar-refractivity contribution in [2.24, 2.45) is 11.7 Å². The average molecular weight is 269 g/mol. The molecule has 2 unspecified atom stereocenters. The Morgan fingerprint density at radius 3 is 2.21 bits per heavy atom. The van der Waals surface area contributed by atoms with Crippen molar-refractivity contribution in [1.29, 1.82) is 0 Å². The second-order valence-corrected chi connectivity index (χ2v) is 5.20. The predicted octanol–water partition coefficient (Wildman–Crippen LogP) is 1.17. The maximum absolute atomic E-state index is 10.9. The lowest BCUT2D eigenvalue weighted by Crippen LogP contribution is -2.46. The Kier molecular flexibility index (Phi) is 4.26. The molecule has 106 valence electrons. The lowest BCUT2D eigenvalue weighted by molar-refractivity contribution is -0.143. The molecule has 0 amide bonds. The molecule has 1 aromatic rings. The van der Waals surface area contributed by atoms with Gasteiger partial charge in [-0.1, -0.05) is 6.92 Å². The molecule has 6 N–H and O–H groups in total. The van der Waals surface area contributed by atoms with Gasteiger partial charge in [-0.15, -0.1) is 0 Å². The van der Waals surface area contributed by atoms with Gasteiger partial charge >= 0.3 is 5.97 Å². The van der Waals surface area contributed by atoms with E-state index in [9.17, 15) is 20.1 Å². The second-order valence-electron chi connectivity index (χ2n) is 5.20. The lowest BCUT2D eigenvalue weighted by atomic mass is 9.87. The molecule has 0 aromatic heterocycles. The quantitative estimate of drug-likeness (QED) is 0.546. The summed E-state index contributed by atoms with van der Waals surface area (Å²) in [6.45, 7) is 3.20. The van der Waals surface area contributed by atoms with Crippen molar-refractivity contribution in [3.8, 4) is 17.2 Å². The molecule has 0 saturated carbocycles. The molecule has 1 rings (SSSR count). The first-order valence-electron chi connectivity index (χ1n) is 5.89. The van der Waals surface area contributed by atoms with Crippen LogP contribution in [-0.4, -0.2) is 31.9 Å². The topological polar surface area (TPSA) is 124 Å². The number of nitrogens with two attached hydrogens (primary N) is 1. The van der Waals surface area contributed by atoms with Crippen LogP contribution in [0.3, 0.4) is 0 Å². The molecule has 0 saturated heterocycles. The Labute approximate surface area is 111 Å². The molecular formula is C13H19NO5. The van der Waals surface area contributed by atoms with Crippen LogP contribution < -0.4 is 5.73 Å². The van der Waals surface area contributed by atoms with Crippen LogP contribution in [0.4, 0.5) is 0 Å². The largest absolute Gasteiger partial charge is 0.508 e. The van der Waals surface area contributed by atoms with E-state index in [1.54, 1.807) is 6.92 Å². The third-order valence-electron chi connectivity index (χ3n) is 3.00. The first-order valence-corrected chi connectivity index (χ1v) is 5.89. The Bertz CT molecular complexity index is 461. The Hall–Kier alpha value is -1.95. The van der Waals surface area contributed by atoms with Crippen LogP contribution in [0.2, 0.25) is 0 Å². The molecule has 0 spiro atoms. The number of hydrogen-bond donors (Lipinski definition) is 5. The molecule has 0 bridgehead atoms. The molecule has 1 aromatic carbocycles. The Morgan fingerprint density at radius 2 is 1.79 bits per heavy atom. The molecule has 19 heavy (non-hydrogen) atoms. The van der Waals surface area contributed by atoms with E-state index < -0.39 is 11.5 Å². The number of phenols is 3. The number of carboxylic acid groups (broad SMARTS) is 1. The molecular weight excluding hydrogens is 250 g/mol. The second kappa shape index (κ2) is 5.36. The minimum Gasteiger partial charge on any atom is -0.508 e. The minimum absolute atomic E-state index is 0.160. The highest BCUT2D eigenvalue weighted by atomic mass is 16.4. The van der Waals surface area contributed by atoms with E-state index >= 15 is 0 Å². The summed E-state index contributed by atoms with van der Waals surface area (Å²) in [4.78, 5) is 10.9. The normalized spacial score (nSPS) is 15.7. The van der Waals surface area contributed by atoms with E-state index in [0.29, 0.717) is 0 Å². The van der Waals surface area contributed by atoms with Crippen molar-refractivity contribution in [1.82, 2.24) is 0 Å². The Morgan fingerprint density at radius 1 is 1.32 bits per heavy atom. The third kappa shape index (κ3) is 3.75. The van der Waals surface area contributed by atoms with Crippen molar-refractivity contribution in [3.05, 3.63) is 17.7 Å². The van der Waals surface area contributed by atoms with Crippen LogP contribution >= 0.6 is 0 Å². The van der Waals surface area contributed by atoms with Gasteiger partial charge in [0.05, 0.1) is 0 Å². The lowest BCUT2D eigenvalue weighted by Gasteiger charge is -2.23. The zero-order chi connectivity index (χ0) is 14.8. The summed E-state index contributed by atoms with van der Waals surface area (Å²) < 4.78 is 0. The number of hydrogen-bond acceptors (Lipinski definition) is 5. The maximum Gasteiger partial charge on any atom is 0.323 e. The van der Waals surface area contributed by atoms with Gasteiger partial charge in [-0.05, 0) is 25.7 Å². The smallest absolute Gasteiger partial charge is 0.323 e. The van der Waals surface area contributed by atoms with E-state index in [0.717, 1.165) is 12.1 Å². The molecule has 6 heteroatoms. The molecule has 6 nitrogen and oxygen atoms in total. The standard InChI is InChI=1S/C13H19NO5/c1-7(6-13(2,14)12(18)19)3-9-10(16)4-8(15)5-11(9)17/h4-5,7,15-17H,3,6,14H2,1-2H3,(H,18,19). The molecule has 0 aliphatic heterocycles. The van der Waals surface area contributed by atoms with Crippen LogP contribution in [-0.2, 0) is 11.2 Å². The van der Waals surface area contributed by atoms with Crippen LogP contribution in [0, 0.1) is 5.92 Å². The summed E-state index contributed by atoms with van der Waals surface area (Å²) in [5, 5.41) is 37.5. The number of aromatic hydroxyl groups is 3. The Balaban J connectivity index is 2.84. The third-order valence-corrected chi connectivity index (χ3v) is 3.00. The SMILES string of the molecule is CC(Cc1c(O)cc(O)cc1O)CC(C)(N)C(=O)O. The van der Waals surface area contributed by atoms with Gasteiger partial charge in [0.2, 0.25) is 0 Å². The van der Waals surface area contributed by atoms with Crippen molar-refractivity contribution in [2.75, 3.05) is 0 Å². The van der Waals surface area contributed by atoms with Crippen molar-refractivity contribution in [3.63, 3.8) is 0 Å². The number of aliphatic carboxylic acids is 1. The highest BCUT2D eigenvalue weighted by molar-refractivity contribution is 5.77. The van der Waals surface area contributed by atoms with Crippen LogP contribution in [0.5, 0.6) is 17.2 Å². The molecule has 0 aliphatic carbocycles. The number of carboxylic acids is 1. The van der Waals surface area contributed by atoms with Gasteiger partial charge in [-0.25, -0.2) is 0 Å². The summed E-state index contributed by atoms with van der Waals surface area (Å²) in [7, 11) is 0. The predicted molar refractivity (Wildman–Crippen MR) is 69.1 cm³/mol. The van der Waals surface area contributed by atoms with E-state index in [1.807, 2.05) is 0 Å². The van der Waals surface area contributed by atoms with E-state index in [4.69, 9.17) is 10.8 Å². The number of phenolic OH excluding ortho intramolecular Hbond substituents is 3. The van der Waals surface area contributed by atoms with Gasteiger partial charge in [0, 0.05) is 17.7 Å². The van der Waals surface area contributed by atoms with Crippen LogP contribution in [0.15, 0.2) is 12.1 Å². The highest BCUT2D eigenvalue weighted by Gasteiger charge is 2.30. The first-order chi connectivity index (χ1) is 8.63. The number of rotatable bonds is 5. The number of benzene rings is 1. The van der Waals surface area contributed by atoms with Gasteiger partial charge < -0.3 is 26.2 Å². The monoisotopic (exact) mass is 269 g/mol. The van der Waals surface area contributed by atoms with Crippen molar-refractivity contribution in [2.45, 2.75) is 32.2 Å². The summed E-state index contributed by atoms with van der Waals surface area (Å²) in [5.74, 6) is -1.94. The van der Waals surface area contributed by atoms with Gasteiger partial charge in [0.25, 0.3) is 0 Å². The van der Waals surface area contributed by atoms with Gasteiger partial charge in [0.1, 0.15) is 22.8 Å². The molecule has 2 atom stereocenters. The summed E-state index contributed by atoms with van der Waals surface area (Å²) >= 11 is 0. The maximum atomic E-state index is 10.9. The average Bonchev–Trinajstić information content (AvgIpc) is 2.22. The first kappa shape index (κ1) is 15.1. The van der Waals surface area contributed by atoms with Crippen LogP contribution in [0.1, 0.15) is 25.8 Å². The van der Waals surface area contributed by atoms with Gasteiger partial charge in [0.15, 0.2) is 0 Å². The van der Waals surface area contributed by atoms with E-state index in [-0.39, 0.29) is 41.6 Å². The molecule has 0 heterocycles. The minimum atomic E-state index is -1.36. The molecule has 0 fully saturated rings. The van der Waals surface area contributed by atoms with Crippen molar-refractivity contribution < 1.29 is 25.2 Å².